The molecule has 0 bridgehead atoms. The Morgan fingerprint density at radius 1 is 1.43 bits per heavy atom. The van der Waals surface area contributed by atoms with Crippen molar-refractivity contribution in [3.05, 3.63) is 41.2 Å². The Bertz CT molecular complexity index is 579. The van der Waals surface area contributed by atoms with Crippen molar-refractivity contribution in [3.8, 4) is 0 Å². The van der Waals surface area contributed by atoms with Crippen molar-refractivity contribution in [1.29, 1.82) is 0 Å². The number of carbonyl (C=O) groups is 2. The lowest BCUT2D eigenvalue weighted by atomic mass is 10.1. The first-order valence-corrected chi connectivity index (χ1v) is 7.04. The Balaban J connectivity index is 2.18. The highest BCUT2D eigenvalue weighted by Crippen LogP contribution is 2.28. The minimum absolute atomic E-state index is 0.155. The summed E-state index contributed by atoms with van der Waals surface area (Å²) in [5.41, 5.74) is 0.461. The van der Waals surface area contributed by atoms with Gasteiger partial charge in [-0.2, -0.15) is 0 Å². The van der Waals surface area contributed by atoms with Crippen molar-refractivity contribution in [2.75, 3.05) is 6.54 Å². The van der Waals surface area contributed by atoms with Crippen molar-refractivity contribution < 1.29 is 19.1 Å². The van der Waals surface area contributed by atoms with Crippen LogP contribution in [0, 0.1) is 5.82 Å². The van der Waals surface area contributed by atoms with Gasteiger partial charge in [-0.05, 0) is 37.5 Å². The molecule has 0 aliphatic heterocycles. The van der Waals surface area contributed by atoms with Crippen molar-refractivity contribution in [1.82, 2.24) is 4.90 Å². The molecule has 1 aliphatic carbocycles. The summed E-state index contributed by atoms with van der Waals surface area (Å²) in [6.45, 7) is 2.68. The number of carboxylic acid groups (broad SMARTS) is 1. The molecule has 0 aromatic heterocycles. The normalized spacial score (nSPS) is 14.4. The number of carbonyl (C=O) groups excluding carboxylic acids is 1. The largest absolute Gasteiger partial charge is 0.478 e. The molecule has 112 valence electrons. The molecule has 5 heteroatoms. The molecule has 4 nitrogen and oxygen atoms in total. The molecule has 1 fully saturated rings. The first-order valence-electron chi connectivity index (χ1n) is 7.04. The lowest BCUT2D eigenvalue weighted by Crippen LogP contribution is -2.33. The van der Waals surface area contributed by atoms with Gasteiger partial charge in [0.05, 0.1) is 0 Å². The first kappa shape index (κ1) is 15.2. The molecule has 21 heavy (non-hydrogen) atoms. The van der Waals surface area contributed by atoms with Crippen LogP contribution in [0.25, 0.3) is 6.08 Å². The van der Waals surface area contributed by atoms with Gasteiger partial charge in [-0.3, -0.25) is 4.79 Å². The minimum atomic E-state index is -1.14. The molecule has 1 aromatic rings. The van der Waals surface area contributed by atoms with Gasteiger partial charge >= 0.3 is 5.97 Å². The molecule has 0 heterocycles. The zero-order valence-corrected chi connectivity index (χ0v) is 11.9. The van der Waals surface area contributed by atoms with Gasteiger partial charge < -0.3 is 10.0 Å². The number of hydrogen-bond donors (Lipinski definition) is 1. The van der Waals surface area contributed by atoms with E-state index in [0.29, 0.717) is 12.1 Å². The third kappa shape index (κ3) is 3.90. The highest BCUT2D eigenvalue weighted by atomic mass is 19.1. The second-order valence-corrected chi connectivity index (χ2v) is 5.14. The molecule has 1 aromatic carbocycles. The van der Waals surface area contributed by atoms with Crippen molar-refractivity contribution >= 4 is 18.0 Å². The van der Waals surface area contributed by atoms with E-state index in [2.05, 4.69) is 0 Å². The van der Waals surface area contributed by atoms with Gasteiger partial charge in [0.2, 0.25) is 0 Å². The van der Waals surface area contributed by atoms with Crippen LogP contribution in [0.3, 0.4) is 0 Å². The number of hydrogen-bond acceptors (Lipinski definition) is 2. The van der Waals surface area contributed by atoms with Crippen LogP contribution in [0.4, 0.5) is 4.39 Å². The van der Waals surface area contributed by atoms with Gasteiger partial charge in [0, 0.05) is 29.8 Å². The topological polar surface area (TPSA) is 57.6 Å². The van der Waals surface area contributed by atoms with E-state index in [4.69, 9.17) is 5.11 Å². The molecule has 0 unspecified atom stereocenters. The molecule has 0 radical (unpaired) electrons. The summed E-state index contributed by atoms with van der Waals surface area (Å²) < 4.78 is 13.9. The Morgan fingerprint density at radius 2 is 2.14 bits per heavy atom. The summed E-state index contributed by atoms with van der Waals surface area (Å²) in [5, 5.41) is 8.54. The molecule has 0 atom stereocenters. The highest BCUT2D eigenvalue weighted by Gasteiger charge is 2.32. The Labute approximate surface area is 122 Å². The lowest BCUT2D eigenvalue weighted by Gasteiger charge is -2.21. The number of aliphatic carboxylic acids is 1. The van der Waals surface area contributed by atoms with Crippen LogP contribution in [0.5, 0.6) is 0 Å². The van der Waals surface area contributed by atoms with Gasteiger partial charge in [0.25, 0.3) is 5.91 Å². The number of halogens is 1. The molecule has 0 saturated heterocycles. The predicted molar refractivity (Wildman–Crippen MR) is 77.4 cm³/mol. The number of carboxylic acids is 1. The van der Waals surface area contributed by atoms with E-state index < -0.39 is 11.8 Å². The van der Waals surface area contributed by atoms with Gasteiger partial charge in [-0.25, -0.2) is 9.18 Å². The molecule has 1 aliphatic rings. The van der Waals surface area contributed by atoms with Crippen LogP contribution in [-0.2, 0) is 4.79 Å². The summed E-state index contributed by atoms with van der Waals surface area (Å²) in [5.74, 6) is -1.89. The predicted octanol–water partition coefficient (Wildman–Crippen LogP) is 2.94. The number of benzene rings is 1. The van der Waals surface area contributed by atoms with Crippen LogP contribution in [-0.4, -0.2) is 34.5 Å². The van der Waals surface area contributed by atoms with Gasteiger partial charge in [-0.15, -0.1) is 0 Å². The second kappa shape index (κ2) is 6.52. The lowest BCUT2D eigenvalue weighted by molar-refractivity contribution is -0.131. The summed E-state index contributed by atoms with van der Waals surface area (Å²) in [4.78, 5) is 24.6. The van der Waals surface area contributed by atoms with Crippen molar-refractivity contribution in [3.63, 3.8) is 0 Å². The zero-order valence-electron chi connectivity index (χ0n) is 11.9. The molecule has 2 rings (SSSR count). The van der Waals surface area contributed by atoms with E-state index in [0.717, 1.165) is 25.3 Å². The first-order chi connectivity index (χ1) is 10.0. The molecule has 0 spiro atoms. The quantitative estimate of drug-likeness (QED) is 0.820. The molecular formula is C16H18FNO3. The van der Waals surface area contributed by atoms with E-state index in [1.807, 2.05) is 6.92 Å². The monoisotopic (exact) mass is 291 g/mol. The average molecular weight is 291 g/mol. The molecular weight excluding hydrogens is 273 g/mol. The second-order valence-electron chi connectivity index (χ2n) is 5.14. The SMILES string of the molecule is CCCN(C(=O)c1ccc(C=CC(=O)O)c(F)c1)C1CC1. The van der Waals surface area contributed by atoms with Crippen LogP contribution in [0.1, 0.15) is 42.1 Å². The molecule has 1 N–H and O–H groups in total. The standard InChI is InChI=1S/C16H18FNO3/c1-2-9-18(13-6-7-13)16(21)12-4-3-11(14(17)10-12)5-8-15(19)20/h3-5,8,10,13H,2,6-7,9H2,1H3,(H,19,20). The van der Waals surface area contributed by atoms with E-state index in [1.54, 1.807) is 4.90 Å². The summed E-state index contributed by atoms with van der Waals surface area (Å²) in [6.07, 6.45) is 4.93. The number of nitrogens with zero attached hydrogens (tertiary/aromatic N) is 1. The fourth-order valence-electron chi connectivity index (χ4n) is 2.20. The van der Waals surface area contributed by atoms with Gasteiger partial charge in [-0.1, -0.05) is 13.0 Å². The summed E-state index contributed by atoms with van der Waals surface area (Å²) >= 11 is 0. The van der Waals surface area contributed by atoms with E-state index in [9.17, 15) is 14.0 Å². The summed E-state index contributed by atoms with van der Waals surface area (Å²) in [7, 11) is 0. The summed E-state index contributed by atoms with van der Waals surface area (Å²) in [6, 6.07) is 4.43. The molecule has 1 amide bonds. The Hall–Kier alpha value is -2.17. The van der Waals surface area contributed by atoms with Crippen LogP contribution < -0.4 is 0 Å². The third-order valence-corrected chi connectivity index (χ3v) is 3.37. The van der Waals surface area contributed by atoms with Crippen molar-refractivity contribution in [2.24, 2.45) is 0 Å². The maximum Gasteiger partial charge on any atom is 0.328 e. The zero-order chi connectivity index (χ0) is 15.4. The number of amides is 1. The smallest absolute Gasteiger partial charge is 0.328 e. The fraction of sp³-hybridized carbons (Fsp3) is 0.375. The number of rotatable bonds is 6. The highest BCUT2D eigenvalue weighted by molar-refractivity contribution is 5.95. The van der Waals surface area contributed by atoms with Crippen LogP contribution in [0.2, 0.25) is 0 Å². The van der Waals surface area contributed by atoms with Crippen LogP contribution in [0.15, 0.2) is 24.3 Å². The average Bonchev–Trinajstić information content (AvgIpc) is 3.27. The maximum atomic E-state index is 13.9. The van der Waals surface area contributed by atoms with E-state index in [-0.39, 0.29) is 17.5 Å². The molecule has 1 saturated carbocycles. The fourth-order valence-corrected chi connectivity index (χ4v) is 2.20. The Kier molecular flexibility index (Phi) is 4.73. The van der Waals surface area contributed by atoms with Gasteiger partial charge in [0.1, 0.15) is 5.82 Å². The van der Waals surface area contributed by atoms with Gasteiger partial charge in [0.15, 0.2) is 0 Å². The van der Waals surface area contributed by atoms with E-state index in [1.165, 1.54) is 24.3 Å². The maximum absolute atomic E-state index is 13.9. The third-order valence-electron chi connectivity index (χ3n) is 3.37. The minimum Gasteiger partial charge on any atom is -0.478 e. The van der Waals surface area contributed by atoms with E-state index >= 15 is 0 Å². The van der Waals surface area contributed by atoms with Crippen molar-refractivity contribution in [2.45, 2.75) is 32.2 Å². The Morgan fingerprint density at radius 3 is 2.67 bits per heavy atom. The van der Waals surface area contributed by atoms with Crippen LogP contribution >= 0.6 is 0 Å².